The molecule has 0 aromatic carbocycles. The van der Waals surface area contributed by atoms with Crippen LogP contribution in [-0.2, 0) is 65.4 Å². The van der Waals surface area contributed by atoms with Crippen LogP contribution in [0.4, 0.5) is 0 Å². The first-order chi connectivity index (χ1) is 42.8. The summed E-state index contributed by atoms with van der Waals surface area (Å²) in [5, 5.41) is 10.6. The van der Waals surface area contributed by atoms with Crippen molar-refractivity contribution in [3.63, 3.8) is 0 Å². The van der Waals surface area contributed by atoms with E-state index in [2.05, 4.69) is 48.5 Å². The molecule has 0 aliphatic carbocycles. The van der Waals surface area contributed by atoms with Crippen molar-refractivity contribution in [3.05, 3.63) is 0 Å². The highest BCUT2D eigenvalue weighted by atomic mass is 31.2. The molecule has 7 atom stereocenters. The predicted octanol–water partition coefficient (Wildman–Crippen LogP) is 19.8. The fourth-order valence-corrected chi connectivity index (χ4v) is 12.1. The maximum Gasteiger partial charge on any atom is 0.472 e. The Hall–Kier alpha value is -1.94. The molecule has 89 heavy (non-hydrogen) atoms. The molecule has 0 aromatic heterocycles. The molecule has 0 saturated heterocycles. The molecule has 0 aliphatic rings. The lowest BCUT2D eigenvalue weighted by Crippen LogP contribution is -2.30. The molecule has 0 radical (unpaired) electrons. The molecule has 19 heteroatoms. The van der Waals surface area contributed by atoms with Crippen LogP contribution in [0.15, 0.2) is 0 Å². The van der Waals surface area contributed by atoms with E-state index in [0.29, 0.717) is 25.7 Å². The van der Waals surface area contributed by atoms with E-state index < -0.39 is 97.5 Å². The standard InChI is InChI=1S/C70H136O17P2/c1-8-11-12-13-14-20-30-37-44-51-67(72)80-57-65(87-70(75)54-47-40-33-26-19-21-27-34-41-48-61(4)5)59-84-88(76,77)82-55-64(71)56-83-89(78,79)85-60-66(86-69(74)53-46-39-32-25-18-16-23-29-36-43-50-63(7)10-3)58-81-68(73)52-45-38-31-24-17-15-22-28-35-42-49-62(6)9-2/h61-66,71H,8-60H2,1-7H3,(H,76,77)(H,78,79)/t62?,63?,64-,65+,66+/m0/s1. The summed E-state index contributed by atoms with van der Waals surface area (Å²) in [6.07, 6.45) is 44.2. The van der Waals surface area contributed by atoms with Crippen molar-refractivity contribution in [2.75, 3.05) is 39.6 Å². The lowest BCUT2D eigenvalue weighted by molar-refractivity contribution is -0.161. The Balaban J connectivity index is 5.26. The number of ether oxygens (including phenoxy) is 4. The zero-order valence-corrected chi connectivity index (χ0v) is 59.7. The van der Waals surface area contributed by atoms with Gasteiger partial charge in [0.1, 0.15) is 19.3 Å². The van der Waals surface area contributed by atoms with Gasteiger partial charge >= 0.3 is 39.5 Å². The van der Waals surface area contributed by atoms with E-state index in [1.165, 1.54) is 161 Å². The second-order valence-electron chi connectivity index (χ2n) is 26.2. The predicted molar refractivity (Wildman–Crippen MR) is 358 cm³/mol. The van der Waals surface area contributed by atoms with Crippen LogP contribution in [0, 0.1) is 17.8 Å². The maximum atomic E-state index is 13.0. The van der Waals surface area contributed by atoms with Crippen molar-refractivity contribution in [1.29, 1.82) is 0 Å². The van der Waals surface area contributed by atoms with Crippen molar-refractivity contribution >= 4 is 39.5 Å². The average molecular weight is 1310 g/mol. The van der Waals surface area contributed by atoms with Gasteiger partial charge in [0.15, 0.2) is 12.2 Å². The van der Waals surface area contributed by atoms with E-state index >= 15 is 0 Å². The summed E-state index contributed by atoms with van der Waals surface area (Å²) in [5.74, 6) is 0.222. The minimum absolute atomic E-state index is 0.105. The van der Waals surface area contributed by atoms with E-state index in [-0.39, 0.29) is 25.7 Å². The molecular weight excluding hydrogens is 1170 g/mol. The zero-order chi connectivity index (χ0) is 65.9. The van der Waals surface area contributed by atoms with Crippen molar-refractivity contribution < 1.29 is 80.2 Å². The van der Waals surface area contributed by atoms with Crippen LogP contribution in [0.2, 0.25) is 0 Å². The topological polar surface area (TPSA) is 237 Å². The third-order valence-electron chi connectivity index (χ3n) is 16.9. The summed E-state index contributed by atoms with van der Waals surface area (Å²) in [6.45, 7) is 11.9. The van der Waals surface area contributed by atoms with Crippen LogP contribution < -0.4 is 0 Å². The molecule has 0 aliphatic heterocycles. The van der Waals surface area contributed by atoms with Gasteiger partial charge in [0.25, 0.3) is 0 Å². The molecule has 0 fully saturated rings. The fraction of sp³-hybridized carbons (Fsp3) is 0.943. The van der Waals surface area contributed by atoms with E-state index in [0.717, 1.165) is 108 Å². The number of rotatable bonds is 68. The minimum atomic E-state index is -4.95. The largest absolute Gasteiger partial charge is 0.472 e. The molecule has 3 N–H and O–H groups in total. The van der Waals surface area contributed by atoms with Gasteiger partial charge in [-0.25, -0.2) is 9.13 Å². The van der Waals surface area contributed by atoms with Crippen molar-refractivity contribution in [2.45, 2.75) is 369 Å². The van der Waals surface area contributed by atoms with Crippen molar-refractivity contribution in [3.8, 4) is 0 Å². The molecule has 17 nitrogen and oxygen atoms in total. The molecule has 0 spiro atoms. The minimum Gasteiger partial charge on any atom is -0.462 e. The summed E-state index contributed by atoms with van der Waals surface area (Å²) < 4.78 is 68.3. The van der Waals surface area contributed by atoms with Crippen LogP contribution >= 0.6 is 15.6 Å². The monoisotopic (exact) mass is 1310 g/mol. The number of hydrogen-bond acceptors (Lipinski definition) is 15. The van der Waals surface area contributed by atoms with E-state index in [4.69, 9.17) is 37.0 Å². The number of carbonyl (C=O) groups excluding carboxylic acids is 4. The highest BCUT2D eigenvalue weighted by Gasteiger charge is 2.30. The van der Waals surface area contributed by atoms with Gasteiger partial charge in [0.2, 0.25) is 0 Å². The van der Waals surface area contributed by atoms with E-state index in [9.17, 15) is 43.2 Å². The molecule has 0 rings (SSSR count). The molecule has 0 saturated carbocycles. The van der Waals surface area contributed by atoms with Gasteiger partial charge in [-0.3, -0.25) is 37.3 Å². The number of esters is 4. The maximum absolute atomic E-state index is 13.0. The van der Waals surface area contributed by atoms with Crippen molar-refractivity contribution in [2.24, 2.45) is 17.8 Å². The van der Waals surface area contributed by atoms with Gasteiger partial charge in [-0.15, -0.1) is 0 Å². The smallest absolute Gasteiger partial charge is 0.462 e. The molecule has 528 valence electrons. The Bertz CT molecular complexity index is 1750. The zero-order valence-electron chi connectivity index (χ0n) is 57.9. The number of phosphoric ester groups is 2. The molecule has 4 unspecified atom stereocenters. The van der Waals surface area contributed by atoms with Gasteiger partial charge in [0, 0.05) is 25.7 Å². The van der Waals surface area contributed by atoms with Crippen LogP contribution in [0.5, 0.6) is 0 Å². The number of carbonyl (C=O) groups is 4. The average Bonchev–Trinajstić information content (AvgIpc) is 3.72. The summed E-state index contributed by atoms with van der Waals surface area (Å²) in [6, 6.07) is 0. The number of hydrogen-bond donors (Lipinski definition) is 3. The third kappa shape index (κ3) is 62.0. The Morgan fingerprint density at radius 3 is 0.854 bits per heavy atom. The number of aliphatic hydroxyl groups is 1. The van der Waals surface area contributed by atoms with E-state index in [1.807, 2.05) is 0 Å². The van der Waals surface area contributed by atoms with Gasteiger partial charge in [0.05, 0.1) is 26.4 Å². The van der Waals surface area contributed by atoms with Crippen molar-refractivity contribution in [1.82, 2.24) is 0 Å². The van der Waals surface area contributed by atoms with Crippen LogP contribution in [0.3, 0.4) is 0 Å². The molecular formula is C70H136O17P2. The molecule has 0 heterocycles. The molecule has 0 amide bonds. The number of aliphatic hydroxyl groups excluding tert-OH is 1. The Morgan fingerprint density at radius 2 is 0.573 bits per heavy atom. The highest BCUT2D eigenvalue weighted by Crippen LogP contribution is 2.45. The van der Waals surface area contributed by atoms with Gasteiger partial charge in [-0.2, -0.15) is 0 Å². The van der Waals surface area contributed by atoms with Gasteiger partial charge in [-0.1, -0.05) is 299 Å². The first-order valence-electron chi connectivity index (χ1n) is 36.4. The second-order valence-corrected chi connectivity index (χ2v) is 29.1. The number of phosphoric acid groups is 2. The summed E-state index contributed by atoms with van der Waals surface area (Å²) in [7, 11) is -9.90. The number of unbranched alkanes of at least 4 members (excludes halogenated alkanes) is 34. The molecule has 0 bridgehead atoms. The van der Waals surface area contributed by atoms with Crippen LogP contribution in [0.25, 0.3) is 0 Å². The summed E-state index contributed by atoms with van der Waals surface area (Å²) in [5.41, 5.74) is 0. The van der Waals surface area contributed by atoms with Crippen LogP contribution in [-0.4, -0.2) is 96.7 Å². The SMILES string of the molecule is CCCCCCCCCCCC(=O)OC[C@H](COP(=O)(O)OC[C@H](O)COP(=O)(O)OC[C@@H](COC(=O)CCCCCCCCCCCCC(C)CC)OC(=O)CCCCCCCCCCCCC(C)CC)OC(=O)CCCCCCCCCCCC(C)C. The summed E-state index contributed by atoms with van der Waals surface area (Å²) in [4.78, 5) is 72.5. The van der Waals surface area contributed by atoms with Gasteiger partial charge in [-0.05, 0) is 43.4 Å². The highest BCUT2D eigenvalue weighted by molar-refractivity contribution is 7.47. The quantitative estimate of drug-likeness (QED) is 0.0222. The Kier molecular flexibility index (Phi) is 59.6. The summed E-state index contributed by atoms with van der Waals surface area (Å²) >= 11 is 0. The first-order valence-corrected chi connectivity index (χ1v) is 39.4. The Labute approximate surface area is 543 Å². The fourth-order valence-electron chi connectivity index (χ4n) is 10.5. The lowest BCUT2D eigenvalue weighted by Gasteiger charge is -2.21. The Morgan fingerprint density at radius 1 is 0.326 bits per heavy atom. The first kappa shape index (κ1) is 87.1. The third-order valence-corrected chi connectivity index (χ3v) is 18.8. The second kappa shape index (κ2) is 61.0. The van der Waals surface area contributed by atoms with E-state index in [1.54, 1.807) is 0 Å². The molecule has 0 aromatic rings. The van der Waals surface area contributed by atoms with Gasteiger partial charge < -0.3 is 33.8 Å². The van der Waals surface area contributed by atoms with Crippen LogP contribution in [0.1, 0.15) is 350 Å². The normalized spacial score (nSPS) is 14.8. The lowest BCUT2D eigenvalue weighted by atomic mass is 9.99.